The number of rotatable bonds is 9. The lowest BCUT2D eigenvalue weighted by Crippen LogP contribution is -2.31. The number of hydrogen-bond donors (Lipinski definition) is 1. The van der Waals surface area contributed by atoms with E-state index < -0.39 is 17.7 Å². The molecule has 2 heterocycles. The summed E-state index contributed by atoms with van der Waals surface area (Å²) in [5.74, 6) is -0.462. The average molecular weight is 424 g/mol. The van der Waals surface area contributed by atoms with Gasteiger partial charge in [0.05, 0.1) is 18.2 Å². The smallest absolute Gasteiger partial charge is 0.295 e. The number of aliphatic hydroxyl groups excluding tert-OH is 1. The van der Waals surface area contributed by atoms with Gasteiger partial charge >= 0.3 is 0 Å². The van der Waals surface area contributed by atoms with E-state index in [1.165, 1.54) is 4.90 Å². The molecule has 0 saturated carbocycles. The van der Waals surface area contributed by atoms with Crippen molar-refractivity contribution in [2.24, 2.45) is 5.92 Å². The number of carbonyl (C=O) groups excluding carboxylic acids is 2. The Hall–Kier alpha value is -3.19. The summed E-state index contributed by atoms with van der Waals surface area (Å²) >= 11 is 0. The highest BCUT2D eigenvalue weighted by atomic mass is 16.5. The van der Waals surface area contributed by atoms with E-state index in [0.29, 0.717) is 49.0 Å². The molecule has 0 aliphatic carbocycles. The number of methoxy groups -OCH3 is 1. The summed E-state index contributed by atoms with van der Waals surface area (Å²) in [4.78, 5) is 31.2. The fraction of sp³-hybridized carbons (Fsp3) is 0.375. The Kier molecular flexibility index (Phi) is 7.41. The molecule has 3 rings (SSSR count). The molecule has 1 amide bonds. The molecule has 31 heavy (non-hydrogen) atoms. The Morgan fingerprint density at radius 2 is 1.81 bits per heavy atom. The van der Waals surface area contributed by atoms with E-state index in [2.05, 4.69) is 18.8 Å². The molecule has 1 aromatic heterocycles. The summed E-state index contributed by atoms with van der Waals surface area (Å²) in [6.45, 7) is 5.50. The maximum absolute atomic E-state index is 12.9. The molecule has 164 valence electrons. The molecule has 0 bridgehead atoms. The predicted octanol–water partition coefficient (Wildman–Crippen LogP) is 3.57. The molecule has 1 atom stereocenters. The Bertz CT molecular complexity index is 938. The van der Waals surface area contributed by atoms with Gasteiger partial charge in [0.2, 0.25) is 0 Å². The van der Waals surface area contributed by atoms with Gasteiger partial charge in [-0.25, -0.2) is 0 Å². The van der Waals surface area contributed by atoms with Gasteiger partial charge in [-0.05, 0) is 54.3 Å². The molecule has 1 aliphatic rings. The molecule has 7 heteroatoms. The fourth-order valence-electron chi connectivity index (χ4n) is 3.51. The van der Waals surface area contributed by atoms with E-state index in [-0.39, 0.29) is 11.3 Å². The molecular formula is C24H28N2O5. The van der Waals surface area contributed by atoms with Gasteiger partial charge in [-0.1, -0.05) is 13.8 Å². The van der Waals surface area contributed by atoms with Crippen molar-refractivity contribution >= 4 is 17.4 Å². The molecular weight excluding hydrogens is 396 g/mol. The minimum Gasteiger partial charge on any atom is -0.507 e. The number of ether oxygens (including phenoxy) is 2. The van der Waals surface area contributed by atoms with E-state index in [1.54, 1.807) is 55.9 Å². The average Bonchev–Trinajstić information content (AvgIpc) is 3.03. The summed E-state index contributed by atoms with van der Waals surface area (Å²) < 4.78 is 10.8. The topological polar surface area (TPSA) is 89.0 Å². The highest BCUT2D eigenvalue weighted by Crippen LogP contribution is 2.39. The van der Waals surface area contributed by atoms with E-state index in [9.17, 15) is 14.7 Å². The Labute approximate surface area is 182 Å². The highest BCUT2D eigenvalue weighted by molar-refractivity contribution is 6.46. The Morgan fingerprint density at radius 1 is 1.13 bits per heavy atom. The van der Waals surface area contributed by atoms with E-state index >= 15 is 0 Å². The molecule has 0 unspecified atom stereocenters. The second-order valence-electron chi connectivity index (χ2n) is 7.85. The lowest BCUT2D eigenvalue weighted by molar-refractivity contribution is -0.140. The number of Topliss-reactive ketones (excluding diaryl/α,β-unsaturated/α-hetero) is 1. The van der Waals surface area contributed by atoms with Crippen LogP contribution in [-0.2, 0) is 14.3 Å². The molecule has 1 aromatic carbocycles. The zero-order valence-electron chi connectivity index (χ0n) is 18.1. The minimum absolute atomic E-state index is 0.0736. The molecule has 1 fully saturated rings. The van der Waals surface area contributed by atoms with Crippen LogP contribution >= 0.6 is 0 Å². The van der Waals surface area contributed by atoms with Crippen LogP contribution in [0.15, 0.2) is 54.4 Å². The maximum Gasteiger partial charge on any atom is 0.295 e. The summed E-state index contributed by atoms with van der Waals surface area (Å²) in [5.41, 5.74) is 1.24. The quantitative estimate of drug-likeness (QED) is 0.286. The third-order valence-corrected chi connectivity index (χ3v) is 5.02. The lowest BCUT2D eigenvalue weighted by atomic mass is 9.96. The number of carbonyl (C=O) groups is 2. The van der Waals surface area contributed by atoms with Crippen molar-refractivity contribution < 1.29 is 24.2 Å². The second-order valence-corrected chi connectivity index (χ2v) is 7.85. The van der Waals surface area contributed by atoms with Crippen LogP contribution in [0.5, 0.6) is 5.75 Å². The van der Waals surface area contributed by atoms with Crippen LogP contribution in [-0.4, -0.2) is 53.5 Å². The van der Waals surface area contributed by atoms with Crippen molar-refractivity contribution in [2.45, 2.75) is 26.3 Å². The van der Waals surface area contributed by atoms with Crippen LogP contribution in [0.1, 0.15) is 37.4 Å². The van der Waals surface area contributed by atoms with Gasteiger partial charge in [0.15, 0.2) is 0 Å². The van der Waals surface area contributed by atoms with Gasteiger partial charge in [0.25, 0.3) is 11.7 Å². The second kappa shape index (κ2) is 10.2. The van der Waals surface area contributed by atoms with E-state index in [1.807, 2.05) is 0 Å². The Balaban J connectivity index is 1.98. The predicted molar refractivity (Wildman–Crippen MR) is 117 cm³/mol. The number of nitrogens with zero attached hydrogens (tertiary/aromatic N) is 2. The fourth-order valence-corrected chi connectivity index (χ4v) is 3.51. The number of benzene rings is 1. The number of aliphatic hydroxyl groups is 1. The zero-order valence-corrected chi connectivity index (χ0v) is 18.1. The molecule has 1 N–H and O–H groups in total. The van der Waals surface area contributed by atoms with Crippen LogP contribution in [0.3, 0.4) is 0 Å². The SMILES string of the molecule is COCCCN1C(=O)C(=O)/C(=C(/O)c2ccc(OCC(C)C)cc2)[C@@H]1c1ccncc1. The van der Waals surface area contributed by atoms with Gasteiger partial charge in [-0.3, -0.25) is 14.6 Å². The zero-order chi connectivity index (χ0) is 22.4. The van der Waals surface area contributed by atoms with E-state index in [0.717, 1.165) is 0 Å². The van der Waals surface area contributed by atoms with Crippen LogP contribution in [0.2, 0.25) is 0 Å². The van der Waals surface area contributed by atoms with Crippen molar-refractivity contribution in [1.82, 2.24) is 9.88 Å². The van der Waals surface area contributed by atoms with Crippen LogP contribution in [0.4, 0.5) is 0 Å². The van der Waals surface area contributed by atoms with Gasteiger partial charge in [0.1, 0.15) is 11.5 Å². The molecule has 0 radical (unpaired) electrons. The summed E-state index contributed by atoms with van der Waals surface area (Å²) in [6, 6.07) is 9.67. The molecule has 0 spiro atoms. The largest absolute Gasteiger partial charge is 0.507 e. The summed E-state index contributed by atoms with van der Waals surface area (Å²) in [6.07, 6.45) is 3.78. The maximum atomic E-state index is 12.9. The van der Waals surface area contributed by atoms with Crippen molar-refractivity contribution in [3.63, 3.8) is 0 Å². The monoisotopic (exact) mass is 424 g/mol. The number of hydrogen-bond acceptors (Lipinski definition) is 6. The first-order valence-electron chi connectivity index (χ1n) is 10.3. The summed E-state index contributed by atoms with van der Waals surface area (Å²) in [5, 5.41) is 11.0. The van der Waals surface area contributed by atoms with Crippen LogP contribution in [0, 0.1) is 5.92 Å². The van der Waals surface area contributed by atoms with Crippen LogP contribution in [0.25, 0.3) is 5.76 Å². The van der Waals surface area contributed by atoms with Crippen LogP contribution < -0.4 is 4.74 Å². The first-order valence-corrected chi connectivity index (χ1v) is 10.3. The van der Waals surface area contributed by atoms with Gasteiger partial charge < -0.3 is 19.5 Å². The third-order valence-electron chi connectivity index (χ3n) is 5.02. The number of ketones is 1. The molecule has 1 aliphatic heterocycles. The first-order chi connectivity index (χ1) is 14.9. The van der Waals surface area contributed by atoms with Crippen molar-refractivity contribution in [3.05, 3.63) is 65.5 Å². The molecule has 1 saturated heterocycles. The summed E-state index contributed by atoms with van der Waals surface area (Å²) in [7, 11) is 1.59. The normalized spacial score (nSPS) is 18.1. The van der Waals surface area contributed by atoms with Gasteiger partial charge in [-0.2, -0.15) is 0 Å². The van der Waals surface area contributed by atoms with Crippen molar-refractivity contribution in [1.29, 1.82) is 0 Å². The number of pyridine rings is 1. The first kappa shape index (κ1) is 22.5. The molecule has 7 nitrogen and oxygen atoms in total. The minimum atomic E-state index is -0.697. The molecule has 2 aromatic rings. The van der Waals surface area contributed by atoms with Crippen molar-refractivity contribution in [3.8, 4) is 5.75 Å². The number of amides is 1. The standard InChI is InChI=1S/C24H28N2O5/c1-16(2)15-31-19-7-5-18(6-8-19)22(27)20-21(17-9-11-25-12-10-17)26(13-4-14-30-3)24(29)23(20)28/h5-12,16,21,27H,4,13-15H2,1-3H3/b22-20+/t21-/m0/s1. The van der Waals surface area contributed by atoms with Crippen molar-refractivity contribution in [2.75, 3.05) is 26.9 Å². The van der Waals surface area contributed by atoms with E-state index in [4.69, 9.17) is 9.47 Å². The van der Waals surface area contributed by atoms with Gasteiger partial charge in [0, 0.05) is 38.2 Å². The Morgan fingerprint density at radius 3 is 2.42 bits per heavy atom. The lowest BCUT2D eigenvalue weighted by Gasteiger charge is -2.25. The highest BCUT2D eigenvalue weighted by Gasteiger charge is 2.45. The number of aromatic nitrogens is 1. The number of likely N-dealkylation sites (tertiary alicyclic amines) is 1. The van der Waals surface area contributed by atoms with Gasteiger partial charge in [-0.15, -0.1) is 0 Å². The third kappa shape index (κ3) is 5.11.